The first kappa shape index (κ1) is 18.9. The molecule has 2 aliphatic heterocycles. The van der Waals surface area contributed by atoms with Crippen LogP contribution in [0.1, 0.15) is 17.7 Å². The Kier molecular flexibility index (Phi) is 4.87. The fourth-order valence-corrected chi connectivity index (χ4v) is 3.27. The fourth-order valence-electron chi connectivity index (χ4n) is 3.27. The number of aromatic amines is 1. The molecule has 158 valence electrons. The minimum atomic E-state index is -0.383. The van der Waals surface area contributed by atoms with Crippen molar-refractivity contribution >= 4 is 5.91 Å². The number of hydrogen-bond acceptors (Lipinski definition) is 8. The quantitative estimate of drug-likeness (QED) is 0.613. The number of H-pyrrole nitrogens is 1. The first-order valence-electron chi connectivity index (χ1n) is 9.67. The summed E-state index contributed by atoms with van der Waals surface area (Å²) in [5.74, 6) is 2.71. The van der Waals surface area contributed by atoms with Crippen LogP contribution in [0.4, 0.5) is 0 Å². The molecule has 0 bridgehead atoms. The minimum Gasteiger partial charge on any atom is -0.454 e. The third kappa shape index (κ3) is 4.00. The van der Waals surface area contributed by atoms with Crippen molar-refractivity contribution < 1.29 is 23.7 Å². The second kappa shape index (κ2) is 7.98. The molecular weight excluding hydrogens is 404 g/mol. The van der Waals surface area contributed by atoms with Crippen molar-refractivity contribution in [2.24, 2.45) is 0 Å². The molecule has 0 spiro atoms. The predicted molar refractivity (Wildman–Crippen MR) is 107 cm³/mol. The predicted octanol–water partition coefficient (Wildman–Crippen LogP) is 1.54. The van der Waals surface area contributed by atoms with Crippen LogP contribution < -0.4 is 29.8 Å². The zero-order chi connectivity index (χ0) is 21.2. The summed E-state index contributed by atoms with van der Waals surface area (Å²) in [6.07, 6.45) is 0.294. The van der Waals surface area contributed by atoms with Crippen LogP contribution in [0.15, 0.2) is 41.2 Å². The van der Waals surface area contributed by atoms with Gasteiger partial charge in [0.15, 0.2) is 28.8 Å². The van der Waals surface area contributed by atoms with Crippen LogP contribution in [0.5, 0.6) is 23.0 Å². The molecule has 2 aliphatic rings. The zero-order valence-corrected chi connectivity index (χ0v) is 16.3. The Labute approximate surface area is 176 Å². The van der Waals surface area contributed by atoms with E-state index in [4.69, 9.17) is 18.9 Å². The fraction of sp³-hybridized carbons (Fsp3) is 0.238. The molecular formula is C21H18N4O6. The molecule has 1 aromatic heterocycles. The molecule has 0 saturated heterocycles. The third-order valence-electron chi connectivity index (χ3n) is 4.93. The Morgan fingerprint density at radius 2 is 1.65 bits per heavy atom. The highest BCUT2D eigenvalue weighted by Crippen LogP contribution is 2.35. The van der Waals surface area contributed by atoms with Gasteiger partial charge in [0.2, 0.25) is 19.5 Å². The normalized spacial score (nSPS) is 13.3. The van der Waals surface area contributed by atoms with Gasteiger partial charge in [0, 0.05) is 24.9 Å². The number of carbonyl (C=O) groups is 1. The van der Waals surface area contributed by atoms with Crippen molar-refractivity contribution in [1.29, 1.82) is 0 Å². The van der Waals surface area contributed by atoms with Crippen molar-refractivity contribution in [1.82, 2.24) is 20.5 Å². The van der Waals surface area contributed by atoms with Crippen molar-refractivity contribution in [2.75, 3.05) is 13.6 Å². The van der Waals surface area contributed by atoms with E-state index in [1.54, 1.807) is 24.3 Å². The Balaban J connectivity index is 1.18. The molecule has 2 aromatic carbocycles. The maximum atomic E-state index is 12.4. The molecule has 0 fully saturated rings. The van der Waals surface area contributed by atoms with E-state index in [9.17, 15) is 9.59 Å². The van der Waals surface area contributed by atoms with Gasteiger partial charge in [-0.1, -0.05) is 6.07 Å². The Morgan fingerprint density at radius 1 is 0.935 bits per heavy atom. The van der Waals surface area contributed by atoms with Crippen LogP contribution >= 0.6 is 0 Å². The second-order valence-electron chi connectivity index (χ2n) is 6.98. The molecule has 2 N–H and O–H groups in total. The molecule has 10 nitrogen and oxygen atoms in total. The van der Waals surface area contributed by atoms with Gasteiger partial charge in [-0.15, -0.1) is 10.2 Å². The first-order chi connectivity index (χ1) is 15.2. The highest BCUT2D eigenvalue weighted by atomic mass is 16.7. The van der Waals surface area contributed by atoms with E-state index >= 15 is 0 Å². The summed E-state index contributed by atoms with van der Waals surface area (Å²) in [4.78, 5) is 27.3. The second-order valence-corrected chi connectivity index (χ2v) is 6.98. The Hall–Kier alpha value is -4.08. The van der Waals surface area contributed by atoms with E-state index in [0.29, 0.717) is 40.9 Å². The van der Waals surface area contributed by atoms with E-state index in [0.717, 1.165) is 5.56 Å². The minimum absolute atomic E-state index is 0.117. The van der Waals surface area contributed by atoms with Gasteiger partial charge in [0.1, 0.15) is 5.69 Å². The van der Waals surface area contributed by atoms with Gasteiger partial charge in [0.25, 0.3) is 5.56 Å². The van der Waals surface area contributed by atoms with Crippen LogP contribution in [0.3, 0.4) is 0 Å². The van der Waals surface area contributed by atoms with Gasteiger partial charge >= 0.3 is 0 Å². The van der Waals surface area contributed by atoms with Gasteiger partial charge in [-0.25, -0.2) is 0 Å². The largest absolute Gasteiger partial charge is 0.454 e. The summed E-state index contributed by atoms with van der Waals surface area (Å²) in [6.45, 7) is 0.714. The van der Waals surface area contributed by atoms with Gasteiger partial charge in [0.05, 0.1) is 0 Å². The summed E-state index contributed by atoms with van der Waals surface area (Å²) < 4.78 is 21.2. The molecule has 0 aliphatic carbocycles. The van der Waals surface area contributed by atoms with E-state index in [1.165, 1.54) is 0 Å². The number of rotatable bonds is 6. The highest BCUT2D eigenvalue weighted by molar-refractivity contribution is 5.76. The number of nitrogens with one attached hydrogen (secondary N) is 2. The lowest BCUT2D eigenvalue weighted by atomic mass is 10.2. The first-order valence-corrected chi connectivity index (χ1v) is 9.67. The number of aromatic nitrogens is 3. The standard InChI is InChI=1S/C21H18N4O6/c26-19(22-9-12-1-4-15-17(7-12)30-10-28-15)6-3-14-21(27)23-20(25-24-14)13-2-5-16-18(8-13)31-11-29-16/h1-2,4-5,7-8H,3,6,9-11H2,(H,22,26)(H,23,25,27). The van der Waals surface area contributed by atoms with Crippen LogP contribution in [0.25, 0.3) is 11.4 Å². The average molecular weight is 422 g/mol. The van der Waals surface area contributed by atoms with Gasteiger partial charge in [-0.3, -0.25) is 9.59 Å². The molecule has 31 heavy (non-hydrogen) atoms. The number of benzene rings is 2. The third-order valence-corrected chi connectivity index (χ3v) is 4.93. The summed E-state index contributed by atoms with van der Waals surface area (Å²) in [6, 6.07) is 10.7. The summed E-state index contributed by atoms with van der Waals surface area (Å²) >= 11 is 0. The van der Waals surface area contributed by atoms with E-state index in [2.05, 4.69) is 20.5 Å². The van der Waals surface area contributed by atoms with Gasteiger partial charge in [-0.05, 0) is 35.9 Å². The number of fused-ring (bicyclic) bond motifs is 2. The summed E-state index contributed by atoms with van der Waals surface area (Å²) in [5, 5.41) is 10.9. The van der Waals surface area contributed by atoms with Gasteiger partial charge in [-0.2, -0.15) is 0 Å². The lowest BCUT2D eigenvalue weighted by Crippen LogP contribution is -2.25. The number of carbonyl (C=O) groups excluding carboxylic acids is 1. The maximum absolute atomic E-state index is 12.4. The maximum Gasteiger partial charge on any atom is 0.273 e. The average Bonchev–Trinajstić information content (AvgIpc) is 3.45. The van der Waals surface area contributed by atoms with Crippen LogP contribution in [0.2, 0.25) is 0 Å². The molecule has 10 heteroatoms. The molecule has 5 rings (SSSR count). The number of amides is 1. The van der Waals surface area contributed by atoms with Gasteiger partial charge < -0.3 is 29.2 Å². The monoisotopic (exact) mass is 422 g/mol. The molecule has 0 unspecified atom stereocenters. The lowest BCUT2D eigenvalue weighted by molar-refractivity contribution is -0.121. The Morgan fingerprint density at radius 3 is 2.42 bits per heavy atom. The lowest BCUT2D eigenvalue weighted by Gasteiger charge is -2.06. The summed E-state index contributed by atoms with van der Waals surface area (Å²) in [7, 11) is 0. The molecule has 3 aromatic rings. The van der Waals surface area contributed by atoms with E-state index in [1.807, 2.05) is 12.1 Å². The van der Waals surface area contributed by atoms with E-state index in [-0.39, 0.29) is 43.6 Å². The van der Waals surface area contributed by atoms with Crippen LogP contribution in [0, 0.1) is 0 Å². The zero-order valence-electron chi connectivity index (χ0n) is 16.3. The van der Waals surface area contributed by atoms with E-state index < -0.39 is 0 Å². The topological polar surface area (TPSA) is 125 Å². The number of aryl methyl sites for hydroxylation is 1. The van der Waals surface area contributed by atoms with Crippen molar-refractivity contribution in [3.63, 3.8) is 0 Å². The Bertz CT molecular complexity index is 1210. The molecule has 0 radical (unpaired) electrons. The van der Waals surface area contributed by atoms with Crippen LogP contribution in [-0.2, 0) is 17.8 Å². The van der Waals surface area contributed by atoms with Crippen molar-refractivity contribution in [3.05, 3.63) is 58.0 Å². The highest BCUT2D eigenvalue weighted by Gasteiger charge is 2.16. The molecule has 3 heterocycles. The number of hydrogen-bond donors (Lipinski definition) is 2. The smallest absolute Gasteiger partial charge is 0.273 e. The van der Waals surface area contributed by atoms with Crippen molar-refractivity contribution in [3.8, 4) is 34.4 Å². The molecule has 0 atom stereocenters. The number of ether oxygens (including phenoxy) is 4. The number of nitrogens with zero attached hydrogens (tertiary/aromatic N) is 2. The van der Waals surface area contributed by atoms with Crippen molar-refractivity contribution in [2.45, 2.75) is 19.4 Å². The molecule has 0 saturated carbocycles. The van der Waals surface area contributed by atoms with Crippen LogP contribution in [-0.4, -0.2) is 34.7 Å². The SMILES string of the molecule is O=C(CCc1nnc(-c2ccc3c(c2)OCO3)[nH]c1=O)NCc1ccc2c(c1)OCO2. The molecule has 1 amide bonds. The summed E-state index contributed by atoms with van der Waals surface area (Å²) in [5.41, 5.74) is 1.36.